The molecule has 2 atom stereocenters. The lowest BCUT2D eigenvalue weighted by atomic mass is 10.0. The fourth-order valence-corrected chi connectivity index (χ4v) is 5.05. The highest BCUT2D eigenvalue weighted by Gasteiger charge is 2.15. The van der Waals surface area contributed by atoms with E-state index in [-0.39, 0.29) is 18.9 Å². The summed E-state index contributed by atoms with van der Waals surface area (Å²) in [6.45, 7) is 2.23. The van der Waals surface area contributed by atoms with E-state index in [2.05, 4.69) is 4.98 Å². The van der Waals surface area contributed by atoms with Gasteiger partial charge in [-0.1, -0.05) is 66.8 Å². The van der Waals surface area contributed by atoms with Gasteiger partial charge in [-0.2, -0.15) is 0 Å². The first-order chi connectivity index (χ1) is 16.4. The minimum Gasteiger partial charge on any atom is -0.755 e. The zero-order valence-corrected chi connectivity index (χ0v) is 20.1. The van der Waals surface area contributed by atoms with E-state index in [0.29, 0.717) is 17.5 Å². The molecule has 1 N–H and O–H groups in total. The average molecular weight is 496 g/mol. The van der Waals surface area contributed by atoms with Crippen LogP contribution < -0.4 is 9.04 Å². The molecule has 1 aromatic heterocycles. The summed E-state index contributed by atoms with van der Waals surface area (Å²) in [4.78, 5) is 15.4. The fourth-order valence-electron chi connectivity index (χ4n) is 3.57. The third-order valence-corrected chi connectivity index (χ3v) is 6.93. The molecule has 0 bridgehead atoms. The van der Waals surface area contributed by atoms with Gasteiger partial charge in [0.05, 0.1) is 10.2 Å². The second-order valence-electron chi connectivity index (χ2n) is 7.96. The van der Waals surface area contributed by atoms with Crippen LogP contribution in [0.25, 0.3) is 21.3 Å². The minimum atomic E-state index is -2.50. The highest BCUT2D eigenvalue weighted by molar-refractivity contribution is 7.80. The number of aliphatic carboxylic acids is 1. The molecule has 0 fully saturated rings. The van der Waals surface area contributed by atoms with Crippen molar-refractivity contribution in [2.75, 3.05) is 10.8 Å². The van der Waals surface area contributed by atoms with Crippen molar-refractivity contribution in [1.29, 1.82) is 0 Å². The Labute approximate surface area is 204 Å². The number of carboxylic acids is 1. The number of fused-ring (bicyclic) bond motifs is 1. The number of rotatable bonds is 10. The normalized spacial score (nSPS) is 12.9. The SMILES string of the molecule is CC(CC(=O)O)CN(c1ccc(-c2ccc(COc3nc4ccccc4s3)cc2)cc1)S(=O)[O-]. The Morgan fingerprint density at radius 3 is 2.35 bits per heavy atom. The first kappa shape index (κ1) is 23.9. The molecule has 0 amide bonds. The first-order valence-electron chi connectivity index (χ1n) is 10.7. The summed E-state index contributed by atoms with van der Waals surface area (Å²) < 4.78 is 31.5. The molecular weight excluding hydrogens is 472 g/mol. The van der Waals surface area contributed by atoms with Gasteiger partial charge in [0.2, 0.25) is 0 Å². The molecular formula is C25H23N2O5S2-. The number of aromatic nitrogens is 1. The van der Waals surface area contributed by atoms with Crippen LogP contribution in [0.2, 0.25) is 0 Å². The highest BCUT2D eigenvalue weighted by atomic mass is 32.2. The maximum atomic E-state index is 11.7. The van der Waals surface area contributed by atoms with Crippen molar-refractivity contribution in [3.63, 3.8) is 0 Å². The van der Waals surface area contributed by atoms with Gasteiger partial charge < -0.3 is 18.7 Å². The van der Waals surface area contributed by atoms with E-state index < -0.39 is 17.2 Å². The molecule has 4 rings (SSSR count). The van der Waals surface area contributed by atoms with E-state index in [1.54, 1.807) is 19.1 Å². The van der Waals surface area contributed by atoms with Crippen molar-refractivity contribution in [1.82, 2.24) is 4.98 Å². The lowest BCUT2D eigenvalue weighted by molar-refractivity contribution is -0.137. The summed E-state index contributed by atoms with van der Waals surface area (Å²) >= 11 is -0.977. The van der Waals surface area contributed by atoms with Gasteiger partial charge in [0.15, 0.2) is 0 Å². The number of para-hydroxylation sites is 1. The van der Waals surface area contributed by atoms with Crippen LogP contribution in [0.3, 0.4) is 0 Å². The van der Waals surface area contributed by atoms with E-state index in [0.717, 1.165) is 26.9 Å². The number of nitrogens with zero attached hydrogens (tertiary/aromatic N) is 2. The third-order valence-electron chi connectivity index (χ3n) is 5.26. The van der Waals surface area contributed by atoms with E-state index in [4.69, 9.17) is 9.84 Å². The summed E-state index contributed by atoms with van der Waals surface area (Å²) in [5.74, 6) is -1.26. The Bertz CT molecular complexity index is 1260. The van der Waals surface area contributed by atoms with E-state index in [1.807, 2.05) is 60.7 Å². The number of thiazole rings is 1. The maximum absolute atomic E-state index is 11.7. The summed E-state index contributed by atoms with van der Waals surface area (Å²) in [6.07, 6.45) is -0.0964. The number of carboxylic acid groups (broad SMARTS) is 1. The molecule has 34 heavy (non-hydrogen) atoms. The van der Waals surface area contributed by atoms with Crippen molar-refractivity contribution in [2.45, 2.75) is 20.0 Å². The molecule has 0 spiro atoms. The molecule has 0 radical (unpaired) electrons. The van der Waals surface area contributed by atoms with Crippen LogP contribution in [-0.2, 0) is 22.7 Å². The van der Waals surface area contributed by atoms with Crippen LogP contribution >= 0.6 is 11.3 Å². The van der Waals surface area contributed by atoms with Crippen LogP contribution in [0.5, 0.6) is 5.19 Å². The van der Waals surface area contributed by atoms with Crippen molar-refractivity contribution in [3.05, 3.63) is 78.4 Å². The van der Waals surface area contributed by atoms with Crippen LogP contribution in [-0.4, -0.2) is 31.4 Å². The zero-order chi connectivity index (χ0) is 24.1. The lowest BCUT2D eigenvalue weighted by Crippen LogP contribution is -2.31. The molecule has 0 aliphatic carbocycles. The van der Waals surface area contributed by atoms with Gasteiger partial charge in [0.1, 0.15) is 6.61 Å². The number of hydrogen-bond donors (Lipinski definition) is 1. The Morgan fingerprint density at radius 2 is 1.74 bits per heavy atom. The summed E-state index contributed by atoms with van der Waals surface area (Å²) in [6, 6.07) is 23.0. The molecule has 0 aliphatic rings. The van der Waals surface area contributed by atoms with E-state index in [1.165, 1.54) is 15.6 Å². The van der Waals surface area contributed by atoms with Crippen molar-refractivity contribution >= 4 is 44.5 Å². The van der Waals surface area contributed by atoms with Gasteiger partial charge in [-0.3, -0.25) is 9.00 Å². The Hall–Kier alpha value is -3.27. The van der Waals surface area contributed by atoms with Crippen LogP contribution in [0, 0.1) is 5.92 Å². The lowest BCUT2D eigenvalue weighted by Gasteiger charge is -2.29. The highest BCUT2D eigenvalue weighted by Crippen LogP contribution is 2.29. The molecule has 4 aromatic rings. The Kier molecular flexibility index (Phi) is 7.56. The molecule has 2 unspecified atom stereocenters. The minimum absolute atomic E-state index is 0.0964. The van der Waals surface area contributed by atoms with E-state index >= 15 is 0 Å². The molecule has 3 aromatic carbocycles. The molecule has 0 saturated heterocycles. The number of ether oxygens (including phenoxy) is 1. The topological polar surface area (TPSA) is 103 Å². The van der Waals surface area contributed by atoms with Crippen molar-refractivity contribution < 1.29 is 23.4 Å². The van der Waals surface area contributed by atoms with Gasteiger partial charge in [-0.15, -0.1) is 0 Å². The standard InChI is InChI=1S/C25H24N2O5S2/c1-17(14-24(28)29)15-27(34(30)31)21-12-10-20(11-13-21)19-8-6-18(7-9-19)16-32-25-26-22-4-2-3-5-23(22)33-25/h2-13,17H,14-16H2,1H3,(H,28,29)(H,30,31)/p-1. The van der Waals surface area contributed by atoms with Gasteiger partial charge in [-0.25, -0.2) is 4.98 Å². The molecule has 7 nitrogen and oxygen atoms in total. The number of carbonyl (C=O) groups is 1. The maximum Gasteiger partial charge on any atom is 0.303 e. The third kappa shape index (κ3) is 5.99. The van der Waals surface area contributed by atoms with E-state index in [9.17, 15) is 13.6 Å². The largest absolute Gasteiger partial charge is 0.755 e. The predicted octanol–water partition coefficient (Wildman–Crippen LogP) is 5.25. The number of hydrogen-bond acceptors (Lipinski definition) is 6. The van der Waals surface area contributed by atoms with Crippen molar-refractivity contribution in [2.24, 2.45) is 5.92 Å². The molecule has 1 heterocycles. The molecule has 9 heteroatoms. The first-order valence-corrected chi connectivity index (χ1v) is 12.5. The molecule has 176 valence electrons. The Morgan fingerprint density at radius 1 is 1.09 bits per heavy atom. The fraction of sp³-hybridized carbons (Fsp3) is 0.200. The summed E-state index contributed by atoms with van der Waals surface area (Å²) in [7, 11) is 0. The summed E-state index contributed by atoms with van der Waals surface area (Å²) in [5, 5.41) is 9.56. The van der Waals surface area contributed by atoms with Crippen LogP contribution in [0.15, 0.2) is 72.8 Å². The van der Waals surface area contributed by atoms with Gasteiger partial charge in [-0.05, 0) is 46.9 Å². The zero-order valence-electron chi connectivity index (χ0n) is 18.4. The second kappa shape index (κ2) is 10.8. The van der Waals surface area contributed by atoms with Crippen molar-refractivity contribution in [3.8, 4) is 16.3 Å². The molecule has 0 saturated carbocycles. The number of benzene rings is 3. The van der Waals surface area contributed by atoms with Crippen LogP contribution in [0.1, 0.15) is 18.9 Å². The van der Waals surface area contributed by atoms with Gasteiger partial charge >= 0.3 is 5.97 Å². The monoisotopic (exact) mass is 495 g/mol. The predicted molar refractivity (Wildman–Crippen MR) is 134 cm³/mol. The van der Waals surface area contributed by atoms with Gasteiger partial charge in [0, 0.05) is 29.9 Å². The molecule has 0 aliphatic heterocycles. The van der Waals surface area contributed by atoms with Gasteiger partial charge in [0.25, 0.3) is 5.19 Å². The average Bonchev–Trinajstić information content (AvgIpc) is 3.24. The summed E-state index contributed by atoms with van der Waals surface area (Å²) in [5.41, 5.74) is 4.37. The number of anilines is 1. The quantitative estimate of drug-likeness (QED) is 0.301. The smallest absolute Gasteiger partial charge is 0.303 e. The Balaban J connectivity index is 1.40. The van der Waals surface area contributed by atoms with Crippen LogP contribution in [0.4, 0.5) is 5.69 Å². The second-order valence-corrected chi connectivity index (χ2v) is 9.83.